The van der Waals surface area contributed by atoms with Gasteiger partial charge in [-0.2, -0.15) is 5.48 Å². The maximum Gasteiger partial charge on any atom is 0.129 e. The number of alkyl halides is 2. The van der Waals surface area contributed by atoms with Crippen LogP contribution in [0.25, 0.3) is 0 Å². The first-order chi connectivity index (χ1) is 4.43. The van der Waals surface area contributed by atoms with Crippen molar-refractivity contribution in [3.05, 3.63) is 0 Å². The summed E-state index contributed by atoms with van der Waals surface area (Å²) in [4.78, 5) is 5.27. The monoisotopic (exact) mass is 353 g/mol. The normalized spacial score (nSPS) is 24.7. The van der Waals surface area contributed by atoms with Gasteiger partial charge in [0.15, 0.2) is 0 Å². The Morgan fingerprint density at radius 3 is 3.22 bits per heavy atom. The second-order valence-electron chi connectivity index (χ2n) is 1.51. The summed E-state index contributed by atoms with van der Waals surface area (Å²) in [6.07, 6.45) is 1.16. The zero-order valence-electron chi connectivity index (χ0n) is 4.94. The highest BCUT2D eigenvalue weighted by molar-refractivity contribution is 14.2. The molecule has 0 fully saturated rings. The van der Waals surface area contributed by atoms with Crippen LogP contribution in [-0.4, -0.2) is 17.2 Å². The fourth-order valence-electron chi connectivity index (χ4n) is 0.396. The minimum absolute atomic E-state index is 0.110. The van der Waals surface area contributed by atoms with E-state index in [1.165, 1.54) is 0 Å². The van der Waals surface area contributed by atoms with Gasteiger partial charge in [0, 0.05) is 6.42 Å². The molecule has 1 aliphatic rings. The topological polar surface area (TPSA) is 21.3 Å². The average molecular weight is 353 g/mol. The molecule has 1 heterocycles. The van der Waals surface area contributed by atoms with Crippen LogP contribution in [0.2, 0.25) is 0 Å². The molecule has 9 heavy (non-hydrogen) atoms. The molecular weight excluding hydrogens is 344 g/mol. The lowest BCUT2D eigenvalue weighted by Gasteiger charge is -2.16. The van der Waals surface area contributed by atoms with Gasteiger partial charge in [-0.1, -0.05) is 25.2 Å². The highest BCUT2D eigenvalue weighted by Gasteiger charge is 2.09. The molecule has 0 saturated carbocycles. The second-order valence-corrected chi connectivity index (χ2v) is 6.34. The van der Waals surface area contributed by atoms with E-state index in [2.05, 4.69) is 14.0 Å². The molecule has 1 aliphatic heterocycles. The van der Waals surface area contributed by atoms with Gasteiger partial charge in [-0.3, -0.25) is 4.84 Å². The van der Waals surface area contributed by atoms with Crippen LogP contribution < -0.4 is 5.48 Å². The predicted molar refractivity (Wildman–Crippen MR) is 58.7 cm³/mol. The molecule has 0 bridgehead atoms. The molecule has 54 valence electrons. The maximum absolute atomic E-state index is 5.27. The van der Waals surface area contributed by atoms with E-state index in [0.29, 0.717) is 4.11 Å². The van der Waals surface area contributed by atoms with Gasteiger partial charge in [-0.25, -0.2) is 0 Å². The van der Waals surface area contributed by atoms with Crippen LogP contribution in [0.3, 0.4) is 0 Å². The van der Waals surface area contributed by atoms with Crippen LogP contribution >= 0.6 is 41.5 Å². The summed E-state index contributed by atoms with van der Waals surface area (Å²) in [5, 5.41) is 0. The highest BCUT2D eigenvalue weighted by atomic mass is 127. The zero-order valence-corrected chi connectivity index (χ0v) is 9.26. The Kier molecular flexibility index (Phi) is 4.44. The molecule has 0 radical (unpaired) electrons. The van der Waals surface area contributed by atoms with Gasteiger partial charge in [0.25, 0.3) is 0 Å². The van der Waals surface area contributed by atoms with E-state index in [4.69, 9.17) is 4.84 Å². The number of nitrogens with one attached hydrogen (secondary N) is 1. The lowest BCUT2D eigenvalue weighted by molar-refractivity contribution is 0.0490. The Balaban J connectivity index is 1.92. The average Bonchev–Trinajstić information content (AvgIpc) is 1.76. The fraction of sp³-hybridized carbons (Fsp3) is 0.600. The summed E-state index contributed by atoms with van der Waals surface area (Å²) < 4.78 is 7.69. The minimum Gasteiger partial charge on any atom is -0.287 e. The van der Waals surface area contributed by atoms with Crippen molar-refractivity contribution in [1.82, 2.24) is 5.48 Å². The number of rotatable bonds is 4. The quantitative estimate of drug-likeness (QED) is 0.271. The van der Waals surface area contributed by atoms with Crippen molar-refractivity contribution in [2.24, 2.45) is 0 Å². The molecule has 4 heteroatoms. The molecule has 1 N–H and O–H groups in total. The van der Waals surface area contributed by atoms with E-state index in [9.17, 15) is 0 Å². The van der Waals surface area contributed by atoms with Crippen molar-refractivity contribution in [1.29, 1.82) is 0 Å². The van der Waals surface area contributed by atoms with E-state index in [1.807, 2.05) is 0 Å². The molecule has 0 saturated heterocycles. The summed E-state index contributed by atoms with van der Waals surface area (Å²) in [6, 6.07) is 0. The molecule has 0 aromatic rings. The molecule has 1 atom stereocenters. The summed E-state index contributed by atoms with van der Waals surface area (Å²) in [5.74, 6) is 0. The van der Waals surface area contributed by atoms with Gasteiger partial charge in [0.1, 0.15) is 4.11 Å². The van der Waals surface area contributed by atoms with Gasteiger partial charge in [-0.15, -0.1) is 20.7 Å². The van der Waals surface area contributed by atoms with Crippen LogP contribution in [0, 0.1) is 0 Å². The fourth-order valence-corrected chi connectivity index (χ4v) is 2.05. The SMILES string of the molecule is C=ICNOC1CC=I1. The molecule has 0 aliphatic carbocycles. The van der Waals surface area contributed by atoms with E-state index in [1.54, 1.807) is 0 Å². The minimum atomic E-state index is 0.110. The Morgan fingerprint density at radius 2 is 2.78 bits per heavy atom. The Morgan fingerprint density at radius 1 is 2.00 bits per heavy atom. The highest BCUT2D eigenvalue weighted by Crippen LogP contribution is 2.21. The largest absolute Gasteiger partial charge is 0.287 e. The Hall–Kier alpha value is 1.12. The lowest BCUT2D eigenvalue weighted by atomic mass is 10.5. The number of halogens is 2. The van der Waals surface area contributed by atoms with Gasteiger partial charge >= 0.3 is 0 Å². The zero-order chi connectivity index (χ0) is 6.53. The van der Waals surface area contributed by atoms with Crippen molar-refractivity contribution in [2.45, 2.75) is 10.5 Å². The summed E-state index contributed by atoms with van der Waals surface area (Å²) in [5.41, 5.74) is 2.93. The third-order valence-electron chi connectivity index (χ3n) is 0.864. The third-order valence-corrected chi connectivity index (χ3v) is 4.30. The first-order valence-corrected chi connectivity index (χ1v) is 8.12. The van der Waals surface area contributed by atoms with Crippen LogP contribution in [0.1, 0.15) is 6.42 Å². The first-order valence-electron chi connectivity index (χ1n) is 2.58. The van der Waals surface area contributed by atoms with Crippen molar-refractivity contribution in [3.8, 4) is 0 Å². The smallest absolute Gasteiger partial charge is 0.129 e. The van der Waals surface area contributed by atoms with Crippen LogP contribution in [0.5, 0.6) is 0 Å². The van der Waals surface area contributed by atoms with Crippen molar-refractivity contribution in [3.63, 3.8) is 0 Å². The van der Waals surface area contributed by atoms with Gasteiger partial charge < -0.3 is 0 Å². The van der Waals surface area contributed by atoms with Crippen LogP contribution in [0.15, 0.2) is 0 Å². The van der Waals surface area contributed by atoms with E-state index >= 15 is 0 Å². The number of hydroxylamine groups is 1. The first kappa shape index (κ1) is 8.22. The summed E-state index contributed by atoms with van der Waals surface area (Å²) >= 11 is 0.400. The molecule has 1 unspecified atom stereocenters. The van der Waals surface area contributed by atoms with E-state index < -0.39 is 0 Å². The molecule has 0 spiro atoms. The van der Waals surface area contributed by atoms with Crippen molar-refractivity contribution in [2.75, 3.05) is 4.55 Å². The molecule has 0 aromatic heterocycles. The van der Waals surface area contributed by atoms with Gasteiger partial charge in [-0.05, 0) is 4.01 Å². The van der Waals surface area contributed by atoms with Crippen LogP contribution in [0.4, 0.5) is 0 Å². The lowest BCUT2D eigenvalue weighted by Crippen LogP contribution is -2.22. The standard InChI is InChI=1S/C5H9I2NO/c1-6-4-8-9-5-2-3-7-5/h3,5,8H,1-2,4H2. The van der Waals surface area contributed by atoms with E-state index in [-0.39, 0.29) is 41.5 Å². The van der Waals surface area contributed by atoms with Gasteiger partial charge in [0.2, 0.25) is 0 Å². The Bertz CT molecular complexity index is 126. The second kappa shape index (κ2) is 4.86. The van der Waals surface area contributed by atoms with Crippen molar-refractivity contribution < 1.29 is 4.84 Å². The molecule has 0 aromatic carbocycles. The number of hydrogen-bond acceptors (Lipinski definition) is 2. The molecule has 0 amide bonds. The third kappa shape index (κ3) is 3.15. The summed E-state index contributed by atoms with van der Waals surface area (Å²) in [7, 11) is 0. The Labute approximate surface area is 74.8 Å². The summed E-state index contributed by atoms with van der Waals surface area (Å²) in [6.45, 7) is 0. The maximum atomic E-state index is 5.27. The predicted octanol–water partition coefficient (Wildman–Crippen LogP) is 1.37. The van der Waals surface area contributed by atoms with E-state index in [0.717, 1.165) is 11.0 Å². The number of hydrogen-bond donors (Lipinski definition) is 1. The van der Waals surface area contributed by atoms with Crippen molar-refractivity contribution >= 4 is 50.0 Å². The van der Waals surface area contributed by atoms with Gasteiger partial charge in [0.05, 0.1) is 4.55 Å². The molecule has 2 nitrogen and oxygen atoms in total. The van der Waals surface area contributed by atoms with Crippen LogP contribution in [-0.2, 0) is 4.84 Å². The molecular formula is C5H9I2NO. The molecule has 1 rings (SSSR count).